The summed E-state index contributed by atoms with van der Waals surface area (Å²) in [6.45, 7) is 11.4. The molecule has 0 radical (unpaired) electrons. The molecule has 5 rings (SSSR count). The van der Waals surface area contributed by atoms with Gasteiger partial charge in [0.1, 0.15) is 11.4 Å². The van der Waals surface area contributed by atoms with Crippen LogP contribution in [-0.4, -0.2) is 96.5 Å². The Kier molecular flexibility index (Phi) is 8.48. The van der Waals surface area contributed by atoms with E-state index in [1.54, 1.807) is 7.11 Å². The highest BCUT2D eigenvalue weighted by molar-refractivity contribution is 5.79. The van der Waals surface area contributed by atoms with Crippen molar-refractivity contribution in [3.8, 4) is 17.1 Å². The van der Waals surface area contributed by atoms with Gasteiger partial charge in [-0.1, -0.05) is 5.16 Å². The lowest BCUT2D eigenvalue weighted by molar-refractivity contribution is -0.125. The predicted octanol–water partition coefficient (Wildman–Crippen LogP) is 3.41. The van der Waals surface area contributed by atoms with Crippen molar-refractivity contribution in [2.75, 3.05) is 57.8 Å². The summed E-state index contributed by atoms with van der Waals surface area (Å²) in [6, 6.07) is 8.26. The van der Waals surface area contributed by atoms with Gasteiger partial charge < -0.3 is 34.0 Å². The summed E-state index contributed by atoms with van der Waals surface area (Å²) >= 11 is 0. The summed E-state index contributed by atoms with van der Waals surface area (Å²) in [5.74, 6) is 1.89. The fourth-order valence-corrected chi connectivity index (χ4v) is 5.66. The van der Waals surface area contributed by atoms with Gasteiger partial charge in [-0.05, 0) is 83.2 Å². The molecule has 40 heavy (non-hydrogen) atoms. The third-order valence-corrected chi connectivity index (χ3v) is 8.08. The van der Waals surface area contributed by atoms with Gasteiger partial charge in [-0.3, -0.25) is 4.79 Å². The van der Waals surface area contributed by atoms with Crippen molar-refractivity contribution in [2.24, 2.45) is 11.8 Å². The molecular formula is C29H42N6O5. The first-order valence-electron chi connectivity index (χ1n) is 14.4. The number of aromatic nitrogens is 2. The Morgan fingerprint density at radius 2 is 1.80 bits per heavy atom. The monoisotopic (exact) mass is 554 g/mol. The molecule has 11 nitrogen and oxygen atoms in total. The van der Waals surface area contributed by atoms with Crippen LogP contribution in [0.5, 0.6) is 5.75 Å². The lowest BCUT2D eigenvalue weighted by atomic mass is 9.96. The Bertz CT molecular complexity index is 1150. The van der Waals surface area contributed by atoms with Crippen LogP contribution in [0.25, 0.3) is 11.4 Å². The third-order valence-electron chi connectivity index (χ3n) is 8.08. The van der Waals surface area contributed by atoms with Gasteiger partial charge in [0, 0.05) is 56.8 Å². The zero-order valence-corrected chi connectivity index (χ0v) is 24.1. The molecular weight excluding hydrogens is 512 g/mol. The first-order chi connectivity index (χ1) is 19.2. The first-order valence-corrected chi connectivity index (χ1v) is 14.4. The number of rotatable bonds is 8. The number of hydrogen-bond acceptors (Lipinski definition) is 9. The normalized spacial score (nSPS) is 22.2. The third kappa shape index (κ3) is 6.86. The van der Waals surface area contributed by atoms with Gasteiger partial charge >= 0.3 is 12.1 Å². The molecule has 3 fully saturated rings. The summed E-state index contributed by atoms with van der Waals surface area (Å²) < 4.78 is 16.3. The Morgan fingerprint density at radius 3 is 2.45 bits per heavy atom. The van der Waals surface area contributed by atoms with Crippen LogP contribution in [0.4, 0.5) is 10.8 Å². The van der Waals surface area contributed by atoms with Gasteiger partial charge in [-0.25, -0.2) is 4.79 Å². The second-order valence-corrected chi connectivity index (χ2v) is 12.2. The molecule has 4 heterocycles. The number of hydrogen-bond donors (Lipinski definition) is 1. The SMILES string of the molecule is COc1ccc(-c2noc(N3CCC(C(=O)NCC4CCN(C[C@H]5CCN5C(=O)OC(C)(C)C)C4)CC3)n2)cc1. The fraction of sp³-hybridized carbons (Fsp3) is 0.655. The van der Waals surface area contributed by atoms with Crippen molar-refractivity contribution in [3.63, 3.8) is 0 Å². The number of piperidine rings is 1. The zero-order valence-electron chi connectivity index (χ0n) is 24.1. The van der Waals surface area contributed by atoms with Crippen LogP contribution in [0.15, 0.2) is 28.8 Å². The molecule has 1 aromatic heterocycles. The first kappa shape index (κ1) is 28.2. The van der Waals surface area contributed by atoms with Crippen LogP contribution >= 0.6 is 0 Å². The number of carbonyl (C=O) groups is 2. The van der Waals surface area contributed by atoms with E-state index in [4.69, 9.17) is 14.0 Å². The number of methoxy groups -OCH3 is 1. The molecule has 3 aliphatic rings. The molecule has 0 bridgehead atoms. The number of benzene rings is 1. The highest BCUT2D eigenvalue weighted by Crippen LogP contribution is 2.27. The Morgan fingerprint density at radius 1 is 1.05 bits per heavy atom. The minimum Gasteiger partial charge on any atom is -0.497 e. The molecule has 0 aliphatic carbocycles. The van der Waals surface area contributed by atoms with Gasteiger partial charge in [0.25, 0.3) is 0 Å². The maximum Gasteiger partial charge on any atom is 0.410 e. The van der Waals surface area contributed by atoms with Gasteiger partial charge in [0.2, 0.25) is 11.7 Å². The number of nitrogens with one attached hydrogen (secondary N) is 1. The van der Waals surface area contributed by atoms with Crippen LogP contribution in [0.3, 0.4) is 0 Å². The Labute approximate surface area is 236 Å². The van der Waals surface area contributed by atoms with E-state index < -0.39 is 5.60 Å². The van der Waals surface area contributed by atoms with Gasteiger partial charge in [0.15, 0.2) is 0 Å². The van der Waals surface area contributed by atoms with E-state index in [0.717, 1.165) is 63.2 Å². The largest absolute Gasteiger partial charge is 0.497 e. The van der Waals surface area contributed by atoms with E-state index in [1.165, 1.54) is 0 Å². The van der Waals surface area contributed by atoms with Crippen molar-refractivity contribution in [1.29, 1.82) is 0 Å². The highest BCUT2D eigenvalue weighted by atomic mass is 16.6. The van der Waals surface area contributed by atoms with Crippen LogP contribution in [-0.2, 0) is 9.53 Å². The minimum absolute atomic E-state index is 0.00454. The predicted molar refractivity (Wildman–Crippen MR) is 150 cm³/mol. The maximum absolute atomic E-state index is 12.9. The van der Waals surface area contributed by atoms with E-state index >= 15 is 0 Å². The molecule has 2 aromatic rings. The van der Waals surface area contributed by atoms with Crippen LogP contribution in [0.2, 0.25) is 0 Å². The summed E-state index contributed by atoms with van der Waals surface area (Å²) in [7, 11) is 1.63. The molecule has 0 saturated carbocycles. The van der Waals surface area contributed by atoms with E-state index in [1.807, 2.05) is 49.9 Å². The summed E-state index contributed by atoms with van der Waals surface area (Å²) in [5, 5.41) is 7.34. The number of likely N-dealkylation sites (tertiary alicyclic amines) is 2. The zero-order chi connectivity index (χ0) is 28.3. The molecule has 0 spiro atoms. The standard InChI is InChI=1S/C29H42N6O5/c1-29(2,3)39-28(37)35-16-12-23(35)19-33-13-9-20(18-33)17-30-26(36)22-10-14-34(15-11-22)27-31-25(32-40-27)21-5-7-24(38-4)8-6-21/h5-8,20,22-23H,9-19H2,1-4H3,(H,30,36)/t20?,23-/m1/s1. The highest BCUT2D eigenvalue weighted by Gasteiger charge is 2.37. The van der Waals surface area contributed by atoms with Gasteiger partial charge in [0.05, 0.1) is 7.11 Å². The van der Waals surface area contributed by atoms with Crippen molar-refractivity contribution in [2.45, 2.75) is 58.1 Å². The summed E-state index contributed by atoms with van der Waals surface area (Å²) in [6.07, 6.45) is 3.37. The number of nitrogens with zero attached hydrogens (tertiary/aromatic N) is 5. The molecule has 3 aliphatic heterocycles. The van der Waals surface area contributed by atoms with E-state index in [-0.39, 0.29) is 24.0 Å². The smallest absolute Gasteiger partial charge is 0.410 e. The number of ether oxygens (including phenoxy) is 2. The molecule has 1 N–H and O–H groups in total. The van der Waals surface area contributed by atoms with Crippen LogP contribution in [0, 0.1) is 11.8 Å². The quantitative estimate of drug-likeness (QED) is 0.524. The van der Waals surface area contributed by atoms with Gasteiger partial charge in [-0.2, -0.15) is 4.98 Å². The molecule has 1 aromatic carbocycles. The molecule has 218 valence electrons. The Hall–Kier alpha value is -3.34. The number of carbonyl (C=O) groups excluding carboxylic acids is 2. The fourth-order valence-electron chi connectivity index (χ4n) is 5.66. The average molecular weight is 555 g/mol. The molecule has 11 heteroatoms. The maximum atomic E-state index is 12.9. The lowest BCUT2D eigenvalue weighted by Gasteiger charge is -2.43. The minimum atomic E-state index is -0.473. The van der Waals surface area contributed by atoms with Crippen molar-refractivity contribution in [3.05, 3.63) is 24.3 Å². The molecule has 2 amide bonds. The molecule has 3 saturated heterocycles. The second-order valence-electron chi connectivity index (χ2n) is 12.2. The van der Waals surface area contributed by atoms with Crippen molar-refractivity contribution < 1.29 is 23.6 Å². The van der Waals surface area contributed by atoms with E-state index in [2.05, 4.69) is 25.3 Å². The van der Waals surface area contributed by atoms with E-state index in [9.17, 15) is 9.59 Å². The molecule has 2 atom stereocenters. The second kappa shape index (κ2) is 12.0. The van der Waals surface area contributed by atoms with Crippen LogP contribution in [0.1, 0.15) is 46.5 Å². The molecule has 1 unspecified atom stereocenters. The number of amides is 2. The summed E-state index contributed by atoms with van der Waals surface area (Å²) in [4.78, 5) is 36.2. The van der Waals surface area contributed by atoms with Gasteiger partial charge in [-0.15, -0.1) is 0 Å². The van der Waals surface area contributed by atoms with Crippen LogP contribution < -0.4 is 15.0 Å². The lowest BCUT2D eigenvalue weighted by Crippen LogP contribution is -2.56. The Balaban J connectivity index is 1.01. The average Bonchev–Trinajstić information content (AvgIpc) is 3.59. The summed E-state index contributed by atoms with van der Waals surface area (Å²) in [5.41, 5.74) is 0.391. The van der Waals surface area contributed by atoms with Crippen molar-refractivity contribution >= 4 is 18.0 Å². The van der Waals surface area contributed by atoms with Crippen molar-refractivity contribution in [1.82, 2.24) is 25.3 Å². The van der Waals surface area contributed by atoms with E-state index in [0.29, 0.717) is 37.4 Å². The number of anilines is 1. The topological polar surface area (TPSA) is 113 Å².